The fraction of sp³-hybridized carbons (Fsp3) is 0.667. The first-order valence-electron chi connectivity index (χ1n) is 4.89. The van der Waals surface area contributed by atoms with Gasteiger partial charge in [0.05, 0.1) is 0 Å². The number of carbonyl (C=O) groups excluding carboxylic acids is 2. The van der Waals surface area contributed by atoms with Crippen LogP contribution < -0.4 is 10.7 Å². The molecular formula is C9H13N3O2. The van der Waals surface area contributed by atoms with Crippen molar-refractivity contribution in [2.75, 3.05) is 6.54 Å². The zero-order chi connectivity index (χ0) is 9.97. The Bertz CT molecular complexity index is 294. The molecular weight excluding hydrogens is 182 g/mol. The van der Waals surface area contributed by atoms with Gasteiger partial charge in [-0.2, -0.15) is 5.10 Å². The number of amides is 2. The quantitative estimate of drug-likeness (QED) is 0.653. The molecule has 1 aliphatic heterocycles. The van der Waals surface area contributed by atoms with E-state index < -0.39 is 0 Å². The fourth-order valence-corrected chi connectivity index (χ4v) is 1.30. The third-order valence-corrected chi connectivity index (χ3v) is 2.41. The molecule has 0 radical (unpaired) electrons. The summed E-state index contributed by atoms with van der Waals surface area (Å²) in [5, 5.41) is 6.52. The third-order valence-electron chi connectivity index (χ3n) is 2.41. The minimum absolute atomic E-state index is 0.122. The van der Waals surface area contributed by atoms with Crippen LogP contribution in [0.4, 0.5) is 0 Å². The van der Waals surface area contributed by atoms with E-state index in [0.717, 1.165) is 6.54 Å². The van der Waals surface area contributed by atoms with Crippen LogP contribution >= 0.6 is 0 Å². The molecule has 14 heavy (non-hydrogen) atoms. The van der Waals surface area contributed by atoms with E-state index in [4.69, 9.17) is 0 Å². The third kappa shape index (κ3) is 2.31. The van der Waals surface area contributed by atoms with Crippen molar-refractivity contribution in [3.63, 3.8) is 0 Å². The Balaban J connectivity index is 1.81. The van der Waals surface area contributed by atoms with Crippen molar-refractivity contribution < 1.29 is 9.59 Å². The van der Waals surface area contributed by atoms with E-state index in [2.05, 4.69) is 15.8 Å². The van der Waals surface area contributed by atoms with Crippen LogP contribution in [0.5, 0.6) is 0 Å². The van der Waals surface area contributed by atoms with Crippen LogP contribution in [0, 0.1) is 5.92 Å². The largest absolute Gasteiger partial charge is 0.351 e. The Morgan fingerprint density at radius 2 is 2.29 bits per heavy atom. The first-order chi connectivity index (χ1) is 6.75. The van der Waals surface area contributed by atoms with Crippen molar-refractivity contribution in [3.8, 4) is 0 Å². The highest BCUT2D eigenvalue weighted by Crippen LogP contribution is 2.27. The monoisotopic (exact) mass is 195 g/mol. The second kappa shape index (κ2) is 3.77. The summed E-state index contributed by atoms with van der Waals surface area (Å²) in [6, 6.07) is 0. The molecule has 2 aliphatic rings. The molecule has 76 valence electrons. The summed E-state index contributed by atoms with van der Waals surface area (Å²) in [5.41, 5.74) is 2.74. The summed E-state index contributed by atoms with van der Waals surface area (Å²) in [7, 11) is 0. The van der Waals surface area contributed by atoms with Gasteiger partial charge in [0.2, 0.25) is 5.91 Å². The van der Waals surface area contributed by atoms with Crippen LogP contribution in [0.15, 0.2) is 5.10 Å². The van der Waals surface area contributed by atoms with Gasteiger partial charge in [-0.25, -0.2) is 5.43 Å². The molecule has 5 heteroatoms. The maximum atomic E-state index is 11.4. The SMILES string of the molecule is O=C1CCC(C(=O)NCC2CC2)=NN1. The highest BCUT2D eigenvalue weighted by molar-refractivity contribution is 6.39. The highest BCUT2D eigenvalue weighted by Gasteiger charge is 2.23. The van der Waals surface area contributed by atoms with E-state index in [1.54, 1.807) is 0 Å². The number of nitrogens with zero attached hydrogens (tertiary/aromatic N) is 1. The summed E-state index contributed by atoms with van der Waals surface area (Å²) in [6.07, 6.45) is 3.23. The van der Waals surface area contributed by atoms with Crippen LogP contribution in [0.1, 0.15) is 25.7 Å². The molecule has 0 bridgehead atoms. The average molecular weight is 195 g/mol. The lowest BCUT2D eigenvalue weighted by atomic mass is 10.1. The zero-order valence-electron chi connectivity index (χ0n) is 7.88. The topological polar surface area (TPSA) is 70.6 Å². The van der Waals surface area contributed by atoms with E-state index in [-0.39, 0.29) is 11.8 Å². The molecule has 0 spiro atoms. The number of hydrogen-bond acceptors (Lipinski definition) is 3. The average Bonchev–Trinajstić information content (AvgIpc) is 2.99. The molecule has 2 amide bonds. The van der Waals surface area contributed by atoms with Crippen molar-refractivity contribution >= 4 is 17.5 Å². The van der Waals surface area contributed by atoms with Gasteiger partial charge in [-0.15, -0.1) is 0 Å². The molecule has 1 saturated carbocycles. The minimum atomic E-state index is -0.142. The van der Waals surface area contributed by atoms with E-state index in [1.807, 2.05) is 0 Å². The van der Waals surface area contributed by atoms with Crippen molar-refractivity contribution in [1.29, 1.82) is 0 Å². The number of carbonyl (C=O) groups is 2. The van der Waals surface area contributed by atoms with Crippen LogP contribution in [0.2, 0.25) is 0 Å². The number of nitrogens with one attached hydrogen (secondary N) is 2. The number of rotatable bonds is 3. The lowest BCUT2D eigenvalue weighted by molar-refractivity contribution is -0.121. The van der Waals surface area contributed by atoms with Crippen LogP contribution in [-0.2, 0) is 9.59 Å². The summed E-state index contributed by atoms with van der Waals surface area (Å²) >= 11 is 0. The van der Waals surface area contributed by atoms with Gasteiger partial charge < -0.3 is 5.32 Å². The first-order valence-corrected chi connectivity index (χ1v) is 4.89. The van der Waals surface area contributed by atoms with Crippen molar-refractivity contribution in [1.82, 2.24) is 10.7 Å². The normalized spacial score (nSPS) is 21.1. The van der Waals surface area contributed by atoms with E-state index >= 15 is 0 Å². The Morgan fingerprint density at radius 3 is 2.86 bits per heavy atom. The fourth-order valence-electron chi connectivity index (χ4n) is 1.30. The molecule has 0 aromatic rings. The summed E-state index contributed by atoms with van der Waals surface area (Å²) in [6.45, 7) is 0.742. The van der Waals surface area contributed by atoms with Gasteiger partial charge >= 0.3 is 0 Å². The summed E-state index contributed by atoms with van der Waals surface area (Å²) < 4.78 is 0. The smallest absolute Gasteiger partial charge is 0.267 e. The maximum absolute atomic E-state index is 11.4. The van der Waals surface area contributed by atoms with Crippen LogP contribution in [-0.4, -0.2) is 24.1 Å². The number of hydrazone groups is 1. The molecule has 0 aromatic heterocycles. The molecule has 2 N–H and O–H groups in total. The summed E-state index contributed by atoms with van der Waals surface area (Å²) in [4.78, 5) is 22.2. The lowest BCUT2D eigenvalue weighted by Crippen LogP contribution is -2.37. The predicted octanol–water partition coefficient (Wildman–Crippen LogP) is -0.221. The number of hydrogen-bond donors (Lipinski definition) is 2. The molecule has 1 heterocycles. The Labute approximate surface area is 81.9 Å². The van der Waals surface area contributed by atoms with Gasteiger partial charge in [0, 0.05) is 19.4 Å². The molecule has 0 saturated heterocycles. The molecule has 5 nitrogen and oxygen atoms in total. The molecule has 1 aliphatic carbocycles. The molecule has 0 atom stereocenters. The van der Waals surface area contributed by atoms with Crippen molar-refractivity contribution in [3.05, 3.63) is 0 Å². The Hall–Kier alpha value is -1.39. The summed E-state index contributed by atoms with van der Waals surface area (Å²) in [5.74, 6) is 0.401. The van der Waals surface area contributed by atoms with E-state index in [1.165, 1.54) is 12.8 Å². The van der Waals surface area contributed by atoms with Gasteiger partial charge in [0.25, 0.3) is 5.91 Å². The van der Waals surface area contributed by atoms with Crippen LogP contribution in [0.3, 0.4) is 0 Å². The molecule has 0 unspecified atom stereocenters. The van der Waals surface area contributed by atoms with Gasteiger partial charge in [0.1, 0.15) is 5.71 Å². The van der Waals surface area contributed by atoms with Crippen molar-refractivity contribution in [2.24, 2.45) is 11.0 Å². The van der Waals surface area contributed by atoms with E-state index in [9.17, 15) is 9.59 Å². The minimum Gasteiger partial charge on any atom is -0.351 e. The predicted molar refractivity (Wildman–Crippen MR) is 50.5 cm³/mol. The maximum Gasteiger partial charge on any atom is 0.267 e. The lowest BCUT2D eigenvalue weighted by Gasteiger charge is -2.11. The van der Waals surface area contributed by atoms with Gasteiger partial charge in [-0.1, -0.05) is 0 Å². The van der Waals surface area contributed by atoms with Crippen LogP contribution in [0.25, 0.3) is 0 Å². The standard InChI is InChI=1S/C9H13N3O2/c13-8-4-3-7(11-12-8)9(14)10-5-6-1-2-6/h6H,1-5H2,(H,10,14)(H,12,13). The Morgan fingerprint density at radius 1 is 1.50 bits per heavy atom. The van der Waals surface area contributed by atoms with Gasteiger partial charge in [0.15, 0.2) is 0 Å². The first kappa shape index (κ1) is 9.18. The van der Waals surface area contributed by atoms with E-state index in [0.29, 0.717) is 24.5 Å². The molecule has 0 aromatic carbocycles. The van der Waals surface area contributed by atoms with Gasteiger partial charge in [-0.3, -0.25) is 9.59 Å². The second-order valence-corrected chi connectivity index (χ2v) is 3.75. The second-order valence-electron chi connectivity index (χ2n) is 3.75. The zero-order valence-corrected chi connectivity index (χ0v) is 7.88. The van der Waals surface area contributed by atoms with Crippen molar-refractivity contribution in [2.45, 2.75) is 25.7 Å². The molecule has 2 rings (SSSR count). The molecule has 1 fully saturated rings. The van der Waals surface area contributed by atoms with Gasteiger partial charge in [-0.05, 0) is 18.8 Å². The Kier molecular flexibility index (Phi) is 2.47. The highest BCUT2D eigenvalue weighted by atomic mass is 16.2.